The van der Waals surface area contributed by atoms with Crippen molar-refractivity contribution >= 4 is 11.6 Å². The molecule has 1 aliphatic rings. The second kappa shape index (κ2) is 9.74. The van der Waals surface area contributed by atoms with Crippen LogP contribution >= 0.6 is 0 Å². The summed E-state index contributed by atoms with van der Waals surface area (Å²) in [5.41, 5.74) is 4.05. The summed E-state index contributed by atoms with van der Waals surface area (Å²) in [6.45, 7) is 4.16. The van der Waals surface area contributed by atoms with Gasteiger partial charge in [-0.2, -0.15) is 0 Å². The van der Waals surface area contributed by atoms with Crippen molar-refractivity contribution in [3.8, 4) is 5.75 Å². The van der Waals surface area contributed by atoms with E-state index in [9.17, 15) is 13.6 Å². The number of ether oxygens (including phenoxy) is 1. The number of benzene rings is 3. The molecule has 0 aromatic heterocycles. The minimum Gasteiger partial charge on any atom is -0.497 e. The van der Waals surface area contributed by atoms with Crippen LogP contribution in [0.3, 0.4) is 0 Å². The highest BCUT2D eigenvalue weighted by Gasteiger charge is 2.32. The van der Waals surface area contributed by atoms with E-state index in [1.54, 1.807) is 12.0 Å². The zero-order valence-electron chi connectivity index (χ0n) is 19.3. The Kier molecular flexibility index (Phi) is 6.77. The molecule has 0 spiro atoms. The van der Waals surface area contributed by atoms with E-state index in [-0.39, 0.29) is 23.9 Å². The van der Waals surface area contributed by atoms with Gasteiger partial charge in [0.1, 0.15) is 5.75 Å². The quantitative estimate of drug-likeness (QED) is 0.417. The molecule has 0 N–H and O–H groups in total. The fourth-order valence-electron chi connectivity index (χ4n) is 4.53. The summed E-state index contributed by atoms with van der Waals surface area (Å²) in [5, 5.41) is 0. The standard InChI is InChI=1S/C28H29F2NO2/c1-18(2)19-10-13-22(14-11-19)31(17-21-7-5-9-26(29)27(21)30)28(32)24-8-4-6-20-12-15-23(33-3)16-25(20)24/h5,7,9-16,18,24H,4,6,8,17H2,1-3H3. The number of methoxy groups -OCH3 is 1. The lowest BCUT2D eigenvalue weighted by Crippen LogP contribution is -2.36. The smallest absolute Gasteiger partial charge is 0.234 e. The maximum atomic E-state index is 14.6. The largest absolute Gasteiger partial charge is 0.497 e. The Hall–Kier alpha value is -3.21. The lowest BCUT2D eigenvalue weighted by Gasteiger charge is -2.31. The molecule has 0 fully saturated rings. The van der Waals surface area contributed by atoms with Gasteiger partial charge < -0.3 is 9.64 Å². The number of halogens is 2. The van der Waals surface area contributed by atoms with Crippen molar-refractivity contribution in [2.45, 2.75) is 51.5 Å². The van der Waals surface area contributed by atoms with Crippen molar-refractivity contribution in [2.24, 2.45) is 0 Å². The average Bonchev–Trinajstić information content (AvgIpc) is 2.84. The summed E-state index contributed by atoms with van der Waals surface area (Å²) in [5.74, 6) is -1.27. The molecule has 0 bridgehead atoms. The molecule has 1 amide bonds. The Labute approximate surface area is 194 Å². The molecule has 4 rings (SSSR count). The SMILES string of the molecule is COc1ccc2c(c1)C(C(=O)N(Cc1cccc(F)c1F)c1ccc(C(C)C)cc1)CCC2. The normalized spacial score (nSPS) is 15.3. The van der Waals surface area contributed by atoms with Crippen molar-refractivity contribution < 1.29 is 18.3 Å². The van der Waals surface area contributed by atoms with E-state index in [2.05, 4.69) is 13.8 Å². The van der Waals surface area contributed by atoms with Crippen LogP contribution in [-0.4, -0.2) is 13.0 Å². The van der Waals surface area contributed by atoms with Gasteiger partial charge in [0.25, 0.3) is 0 Å². The predicted octanol–water partition coefficient (Wildman–Crippen LogP) is 6.75. The number of carbonyl (C=O) groups excluding carboxylic acids is 1. The van der Waals surface area contributed by atoms with Gasteiger partial charge in [0.05, 0.1) is 19.6 Å². The molecule has 1 atom stereocenters. The first-order valence-corrected chi connectivity index (χ1v) is 11.4. The number of hydrogen-bond acceptors (Lipinski definition) is 2. The first kappa shape index (κ1) is 23.0. The summed E-state index contributed by atoms with van der Waals surface area (Å²) >= 11 is 0. The van der Waals surface area contributed by atoms with E-state index < -0.39 is 11.6 Å². The van der Waals surface area contributed by atoms with E-state index in [4.69, 9.17) is 4.74 Å². The Morgan fingerprint density at radius 2 is 1.85 bits per heavy atom. The molecule has 0 radical (unpaired) electrons. The fraction of sp³-hybridized carbons (Fsp3) is 0.321. The maximum Gasteiger partial charge on any atom is 0.234 e. The van der Waals surface area contributed by atoms with E-state index in [1.807, 2.05) is 42.5 Å². The highest BCUT2D eigenvalue weighted by Crippen LogP contribution is 2.37. The second-order valence-corrected chi connectivity index (χ2v) is 8.89. The van der Waals surface area contributed by atoms with Gasteiger partial charge in [-0.1, -0.05) is 44.2 Å². The van der Waals surface area contributed by atoms with Gasteiger partial charge in [-0.05, 0) is 72.2 Å². The van der Waals surface area contributed by atoms with Gasteiger partial charge in [-0.25, -0.2) is 8.78 Å². The lowest BCUT2D eigenvalue weighted by molar-refractivity contribution is -0.120. The molecule has 0 saturated heterocycles. The van der Waals surface area contributed by atoms with Crippen LogP contribution < -0.4 is 9.64 Å². The highest BCUT2D eigenvalue weighted by atomic mass is 19.2. The van der Waals surface area contributed by atoms with Crippen molar-refractivity contribution in [2.75, 3.05) is 12.0 Å². The van der Waals surface area contributed by atoms with Gasteiger partial charge >= 0.3 is 0 Å². The van der Waals surface area contributed by atoms with Crippen LogP contribution in [0.2, 0.25) is 0 Å². The predicted molar refractivity (Wildman–Crippen MR) is 127 cm³/mol. The fourth-order valence-corrected chi connectivity index (χ4v) is 4.53. The summed E-state index contributed by atoms with van der Waals surface area (Å²) in [7, 11) is 1.61. The molecule has 0 saturated carbocycles. The summed E-state index contributed by atoms with van der Waals surface area (Å²) < 4.78 is 33.9. The minimum absolute atomic E-state index is 0.0424. The van der Waals surface area contributed by atoms with Crippen LogP contribution in [0.15, 0.2) is 60.7 Å². The van der Waals surface area contributed by atoms with Crippen LogP contribution in [0, 0.1) is 11.6 Å². The summed E-state index contributed by atoms with van der Waals surface area (Å²) in [6.07, 6.45) is 2.50. The maximum absolute atomic E-state index is 14.6. The van der Waals surface area contributed by atoms with E-state index >= 15 is 0 Å². The number of amides is 1. The van der Waals surface area contributed by atoms with Crippen molar-refractivity contribution in [3.05, 3.63) is 94.6 Å². The van der Waals surface area contributed by atoms with Gasteiger partial charge in [-0.15, -0.1) is 0 Å². The molecule has 172 valence electrons. The molecule has 1 unspecified atom stereocenters. The zero-order chi connectivity index (χ0) is 23.5. The van der Waals surface area contributed by atoms with Gasteiger partial charge in [0.2, 0.25) is 5.91 Å². The molecular weight excluding hydrogens is 420 g/mol. The second-order valence-electron chi connectivity index (χ2n) is 8.89. The molecular formula is C28H29F2NO2. The minimum atomic E-state index is -0.917. The molecule has 0 aliphatic heterocycles. The topological polar surface area (TPSA) is 29.5 Å². The molecule has 3 aromatic rings. The lowest BCUT2D eigenvalue weighted by atomic mass is 9.81. The van der Waals surface area contributed by atoms with E-state index in [0.717, 1.165) is 35.6 Å². The van der Waals surface area contributed by atoms with E-state index in [1.165, 1.54) is 12.1 Å². The molecule has 0 heterocycles. The first-order valence-electron chi connectivity index (χ1n) is 11.4. The van der Waals surface area contributed by atoms with Gasteiger partial charge in [0, 0.05) is 11.3 Å². The Morgan fingerprint density at radius 1 is 1.09 bits per heavy atom. The first-order chi connectivity index (χ1) is 15.9. The van der Waals surface area contributed by atoms with Crippen LogP contribution in [0.25, 0.3) is 0 Å². The van der Waals surface area contributed by atoms with Crippen molar-refractivity contribution in [1.82, 2.24) is 0 Å². The number of carbonyl (C=O) groups is 1. The van der Waals surface area contributed by atoms with E-state index in [0.29, 0.717) is 23.8 Å². The van der Waals surface area contributed by atoms with Crippen LogP contribution in [0.5, 0.6) is 5.75 Å². The van der Waals surface area contributed by atoms with Crippen LogP contribution in [-0.2, 0) is 17.8 Å². The van der Waals surface area contributed by atoms with Gasteiger partial charge in [-0.3, -0.25) is 4.79 Å². The Bertz CT molecular complexity index is 1140. The van der Waals surface area contributed by atoms with Crippen LogP contribution in [0.4, 0.5) is 14.5 Å². The Morgan fingerprint density at radius 3 is 2.55 bits per heavy atom. The number of rotatable bonds is 6. The van der Waals surface area contributed by atoms with Gasteiger partial charge in [0.15, 0.2) is 11.6 Å². The summed E-state index contributed by atoms with van der Waals surface area (Å²) in [4.78, 5) is 15.5. The highest BCUT2D eigenvalue weighted by molar-refractivity contribution is 5.98. The molecule has 33 heavy (non-hydrogen) atoms. The average molecular weight is 450 g/mol. The molecule has 1 aliphatic carbocycles. The molecule has 5 heteroatoms. The third kappa shape index (κ3) is 4.77. The molecule has 3 aromatic carbocycles. The van der Waals surface area contributed by atoms with Crippen molar-refractivity contribution in [3.63, 3.8) is 0 Å². The third-order valence-electron chi connectivity index (χ3n) is 6.46. The number of anilines is 1. The Balaban J connectivity index is 1.75. The number of aryl methyl sites for hydroxylation is 1. The summed E-state index contributed by atoms with van der Waals surface area (Å²) in [6, 6.07) is 17.7. The number of fused-ring (bicyclic) bond motifs is 1. The van der Waals surface area contributed by atoms with Crippen molar-refractivity contribution in [1.29, 1.82) is 0 Å². The third-order valence-corrected chi connectivity index (χ3v) is 6.46. The number of nitrogens with zero attached hydrogens (tertiary/aromatic N) is 1. The zero-order valence-corrected chi connectivity index (χ0v) is 19.3. The van der Waals surface area contributed by atoms with Crippen LogP contribution in [0.1, 0.15) is 60.8 Å². The monoisotopic (exact) mass is 449 g/mol. The number of hydrogen-bond donors (Lipinski definition) is 0. The molecule has 3 nitrogen and oxygen atoms in total.